The molecule has 0 unspecified atom stereocenters. The Balaban J connectivity index is 1.36. The first kappa shape index (κ1) is 20.3. The summed E-state index contributed by atoms with van der Waals surface area (Å²) in [6.45, 7) is 7.84. The van der Waals surface area contributed by atoms with E-state index in [9.17, 15) is 4.79 Å². The Hall–Kier alpha value is -1.59. The normalized spacial score (nSPS) is 38.3. The van der Waals surface area contributed by atoms with Gasteiger partial charge in [-0.15, -0.1) is 0 Å². The molecule has 4 aliphatic rings. The van der Waals surface area contributed by atoms with E-state index in [1.54, 1.807) is 11.8 Å². The van der Waals surface area contributed by atoms with Gasteiger partial charge in [-0.2, -0.15) is 0 Å². The molecule has 1 saturated carbocycles. The van der Waals surface area contributed by atoms with Crippen LogP contribution in [0.4, 0.5) is 0 Å². The minimum atomic E-state index is -0.0995. The van der Waals surface area contributed by atoms with Crippen molar-refractivity contribution in [1.29, 1.82) is 0 Å². The van der Waals surface area contributed by atoms with Gasteiger partial charge in [0.25, 0.3) is 0 Å². The van der Waals surface area contributed by atoms with E-state index in [-0.39, 0.29) is 35.4 Å². The van der Waals surface area contributed by atoms with Gasteiger partial charge in [-0.3, -0.25) is 9.69 Å². The number of carbonyl (C=O) groups is 1. The van der Waals surface area contributed by atoms with E-state index in [1.807, 2.05) is 12.1 Å². The fourth-order valence-corrected chi connectivity index (χ4v) is 6.44. The third-order valence-corrected chi connectivity index (χ3v) is 7.98. The van der Waals surface area contributed by atoms with Crippen molar-refractivity contribution >= 4 is 5.97 Å². The molecule has 5 heteroatoms. The molecular formula is C25H35NO4. The number of carbonyl (C=O) groups excluding carboxylic acids is 1. The van der Waals surface area contributed by atoms with Crippen LogP contribution < -0.4 is 0 Å². The molecule has 0 bridgehead atoms. The second-order valence-electron chi connectivity index (χ2n) is 10.2. The minimum Gasteiger partial charge on any atom is -0.468 e. The maximum Gasteiger partial charge on any atom is 0.311 e. The van der Waals surface area contributed by atoms with Crippen LogP contribution in [-0.4, -0.2) is 42.8 Å². The van der Waals surface area contributed by atoms with Crippen LogP contribution >= 0.6 is 0 Å². The summed E-state index contributed by atoms with van der Waals surface area (Å²) in [5, 5.41) is 0. The van der Waals surface area contributed by atoms with Gasteiger partial charge in [0.1, 0.15) is 11.9 Å². The predicted molar refractivity (Wildman–Crippen MR) is 114 cm³/mol. The van der Waals surface area contributed by atoms with Crippen molar-refractivity contribution in [2.75, 3.05) is 19.7 Å². The lowest BCUT2D eigenvalue weighted by Crippen LogP contribution is -2.42. The standard InChI is InChI=1S/C25H35NO4/c1-17-6-3-9-25(2)13-23-20(12-22(17)25)21(24(27)30-23)16-26(14-18-7-4-10-28-18)15-19-8-5-11-29-19/h4,7,10,12,17,19-21,23H,3,5-6,8-9,11,13-16H2,1-2H3/t17-,19+,20+,21+,23+,25+/m0/s1. The third kappa shape index (κ3) is 3.87. The van der Waals surface area contributed by atoms with Gasteiger partial charge in [-0.25, -0.2) is 0 Å². The lowest BCUT2D eigenvalue weighted by atomic mass is 9.59. The van der Waals surface area contributed by atoms with E-state index in [1.165, 1.54) is 19.3 Å². The first-order valence-electron chi connectivity index (χ1n) is 11.8. The molecule has 0 aromatic carbocycles. The Labute approximate surface area is 179 Å². The number of esters is 1. The van der Waals surface area contributed by atoms with Crippen LogP contribution in [0.3, 0.4) is 0 Å². The Kier molecular flexibility index (Phi) is 5.53. The van der Waals surface area contributed by atoms with Gasteiger partial charge in [0.15, 0.2) is 0 Å². The van der Waals surface area contributed by atoms with Crippen molar-refractivity contribution in [2.45, 2.75) is 71.1 Å². The summed E-state index contributed by atoms with van der Waals surface area (Å²) >= 11 is 0. The molecule has 3 heterocycles. The molecule has 0 amide bonds. The lowest BCUT2D eigenvalue weighted by Gasteiger charge is -2.46. The van der Waals surface area contributed by atoms with Gasteiger partial charge < -0.3 is 13.9 Å². The van der Waals surface area contributed by atoms with Crippen molar-refractivity contribution in [3.8, 4) is 0 Å². The third-order valence-electron chi connectivity index (χ3n) is 7.98. The molecule has 3 fully saturated rings. The topological polar surface area (TPSA) is 51.9 Å². The van der Waals surface area contributed by atoms with E-state index in [4.69, 9.17) is 13.9 Å². The molecule has 30 heavy (non-hydrogen) atoms. The molecule has 2 aliphatic carbocycles. The van der Waals surface area contributed by atoms with Crippen molar-refractivity contribution in [3.05, 3.63) is 35.8 Å². The van der Waals surface area contributed by atoms with Crippen LogP contribution in [0.5, 0.6) is 0 Å². The summed E-state index contributed by atoms with van der Waals surface area (Å²) in [7, 11) is 0. The number of hydrogen-bond acceptors (Lipinski definition) is 5. The van der Waals surface area contributed by atoms with Crippen LogP contribution in [0.2, 0.25) is 0 Å². The van der Waals surface area contributed by atoms with E-state index in [0.29, 0.717) is 19.0 Å². The highest BCUT2D eigenvalue weighted by atomic mass is 16.6. The molecule has 0 radical (unpaired) electrons. The maximum atomic E-state index is 13.0. The maximum absolute atomic E-state index is 13.0. The molecule has 164 valence electrons. The molecule has 0 spiro atoms. The highest BCUT2D eigenvalue weighted by Gasteiger charge is 2.52. The zero-order chi connectivity index (χ0) is 20.7. The van der Waals surface area contributed by atoms with Crippen molar-refractivity contribution < 1.29 is 18.7 Å². The molecule has 2 aliphatic heterocycles. The van der Waals surface area contributed by atoms with Gasteiger partial charge in [0.05, 0.1) is 24.8 Å². The van der Waals surface area contributed by atoms with E-state index in [2.05, 4.69) is 24.8 Å². The Morgan fingerprint density at radius 2 is 2.13 bits per heavy atom. The fraction of sp³-hybridized carbons (Fsp3) is 0.720. The van der Waals surface area contributed by atoms with Gasteiger partial charge in [-0.1, -0.05) is 31.9 Å². The Bertz CT molecular complexity index is 781. The van der Waals surface area contributed by atoms with Crippen LogP contribution in [0, 0.1) is 23.2 Å². The average molecular weight is 414 g/mol. The largest absolute Gasteiger partial charge is 0.468 e. The molecule has 1 aromatic heterocycles. The molecule has 5 nitrogen and oxygen atoms in total. The first-order chi connectivity index (χ1) is 14.5. The van der Waals surface area contributed by atoms with Gasteiger partial charge >= 0.3 is 5.97 Å². The quantitative estimate of drug-likeness (QED) is 0.505. The molecule has 1 aromatic rings. The zero-order valence-electron chi connectivity index (χ0n) is 18.3. The van der Waals surface area contributed by atoms with Gasteiger partial charge in [0, 0.05) is 25.6 Å². The number of allylic oxidation sites excluding steroid dienone is 1. The second kappa shape index (κ2) is 8.16. The predicted octanol–water partition coefficient (Wildman–Crippen LogP) is 4.57. The second-order valence-corrected chi connectivity index (χ2v) is 10.2. The van der Waals surface area contributed by atoms with Crippen molar-refractivity contribution in [2.24, 2.45) is 23.2 Å². The molecular weight excluding hydrogens is 378 g/mol. The summed E-state index contributed by atoms with van der Waals surface area (Å²) in [5.41, 5.74) is 1.79. The summed E-state index contributed by atoms with van der Waals surface area (Å²) in [4.78, 5) is 15.3. The molecule has 5 rings (SSSR count). The average Bonchev–Trinajstić information content (AvgIpc) is 3.44. The first-order valence-corrected chi connectivity index (χ1v) is 11.8. The monoisotopic (exact) mass is 413 g/mol. The highest BCUT2D eigenvalue weighted by molar-refractivity contribution is 5.76. The Morgan fingerprint density at radius 1 is 1.23 bits per heavy atom. The zero-order valence-corrected chi connectivity index (χ0v) is 18.3. The lowest BCUT2D eigenvalue weighted by molar-refractivity contribution is -0.145. The number of rotatable bonds is 6. The highest BCUT2D eigenvalue weighted by Crippen LogP contribution is 2.54. The van der Waals surface area contributed by atoms with Crippen LogP contribution in [0.25, 0.3) is 0 Å². The van der Waals surface area contributed by atoms with E-state index in [0.717, 1.165) is 38.2 Å². The molecule has 2 saturated heterocycles. The van der Waals surface area contributed by atoms with Gasteiger partial charge in [0.2, 0.25) is 0 Å². The summed E-state index contributed by atoms with van der Waals surface area (Å²) in [6, 6.07) is 3.94. The van der Waals surface area contributed by atoms with Crippen molar-refractivity contribution in [1.82, 2.24) is 4.90 Å². The van der Waals surface area contributed by atoms with Crippen molar-refractivity contribution in [3.63, 3.8) is 0 Å². The molecule has 0 N–H and O–H groups in total. The number of furan rings is 1. The van der Waals surface area contributed by atoms with Gasteiger partial charge in [-0.05, 0) is 55.6 Å². The SMILES string of the molecule is C[C@H]1CCC[C@]2(C)C[C@H]3OC(=O)[C@H](CN(Cc4ccco4)C[C@H]4CCCO4)[C@H]3C=C12. The Morgan fingerprint density at radius 3 is 2.90 bits per heavy atom. The summed E-state index contributed by atoms with van der Waals surface area (Å²) in [5.74, 6) is 1.63. The van der Waals surface area contributed by atoms with Crippen LogP contribution in [0.15, 0.2) is 34.5 Å². The number of fused-ring (bicyclic) bond motifs is 2. The number of nitrogens with zero attached hydrogens (tertiary/aromatic N) is 1. The smallest absolute Gasteiger partial charge is 0.311 e. The summed E-state index contributed by atoms with van der Waals surface area (Å²) in [6.07, 6.45) is 11.4. The van der Waals surface area contributed by atoms with Crippen LogP contribution in [0.1, 0.15) is 58.1 Å². The van der Waals surface area contributed by atoms with E-state index < -0.39 is 0 Å². The van der Waals surface area contributed by atoms with E-state index >= 15 is 0 Å². The summed E-state index contributed by atoms with van der Waals surface area (Å²) < 4.78 is 17.5. The number of hydrogen-bond donors (Lipinski definition) is 0. The fourth-order valence-electron chi connectivity index (χ4n) is 6.44. The minimum absolute atomic E-state index is 0.0199. The molecule has 6 atom stereocenters. The number of ether oxygens (including phenoxy) is 2. The van der Waals surface area contributed by atoms with Crippen LogP contribution in [-0.2, 0) is 20.8 Å².